The fourth-order valence-corrected chi connectivity index (χ4v) is 1.75. The van der Waals surface area contributed by atoms with Gasteiger partial charge in [-0.3, -0.25) is 9.20 Å². The van der Waals surface area contributed by atoms with Crippen LogP contribution >= 0.6 is 0 Å². The van der Waals surface area contributed by atoms with Crippen LogP contribution < -0.4 is 0 Å². The minimum absolute atomic E-state index is 0.163. The summed E-state index contributed by atoms with van der Waals surface area (Å²) in [5.41, 5.74) is -1.65. The number of pyridine rings is 1. The van der Waals surface area contributed by atoms with Crippen molar-refractivity contribution in [3.05, 3.63) is 34.5 Å². The Labute approximate surface area is 110 Å². The summed E-state index contributed by atoms with van der Waals surface area (Å²) in [6.07, 6.45) is -3.85. The number of methoxy groups -OCH3 is 1. The Morgan fingerprint density at radius 2 is 2.20 bits per heavy atom. The second-order valence-corrected chi connectivity index (χ2v) is 3.84. The molecule has 0 aliphatic rings. The number of imidazole rings is 1. The molecule has 2 heterocycles. The molecule has 9 heteroatoms. The van der Waals surface area contributed by atoms with E-state index < -0.39 is 29.8 Å². The molecule has 0 spiro atoms. The molecule has 0 aromatic carbocycles. The third-order valence-electron chi connectivity index (χ3n) is 2.63. The fourth-order valence-electron chi connectivity index (χ4n) is 1.75. The third kappa shape index (κ3) is 2.33. The van der Waals surface area contributed by atoms with E-state index in [9.17, 15) is 22.9 Å². The average molecular weight is 287 g/mol. The monoisotopic (exact) mass is 287 g/mol. The van der Waals surface area contributed by atoms with Crippen LogP contribution in [-0.4, -0.2) is 22.5 Å². The standard InChI is InChI=1S/C11H8F3N3O3/c1-20-8(18)5-7-10(16-19)17-4-2-3-6(9(17)15-7)11(12,13)14/h2-4H,5H2,1H3. The van der Waals surface area contributed by atoms with E-state index in [-0.39, 0.29) is 11.5 Å². The van der Waals surface area contributed by atoms with Crippen molar-refractivity contribution in [1.82, 2.24) is 9.38 Å². The average Bonchev–Trinajstić information content (AvgIpc) is 2.73. The lowest BCUT2D eigenvalue weighted by atomic mass is 10.2. The van der Waals surface area contributed by atoms with Crippen LogP contribution in [0.5, 0.6) is 0 Å². The molecular formula is C11H8F3N3O3. The number of ether oxygens (including phenoxy) is 1. The molecular weight excluding hydrogens is 279 g/mol. The third-order valence-corrected chi connectivity index (χ3v) is 2.63. The highest BCUT2D eigenvalue weighted by molar-refractivity contribution is 5.74. The molecule has 0 amide bonds. The van der Waals surface area contributed by atoms with Gasteiger partial charge in [-0.15, -0.1) is 4.91 Å². The van der Waals surface area contributed by atoms with E-state index in [1.54, 1.807) is 0 Å². The van der Waals surface area contributed by atoms with Crippen molar-refractivity contribution in [2.45, 2.75) is 12.6 Å². The van der Waals surface area contributed by atoms with E-state index in [0.29, 0.717) is 0 Å². The van der Waals surface area contributed by atoms with Crippen LogP contribution in [0.4, 0.5) is 19.0 Å². The zero-order valence-corrected chi connectivity index (χ0v) is 10.1. The van der Waals surface area contributed by atoms with Crippen molar-refractivity contribution in [3.63, 3.8) is 0 Å². The van der Waals surface area contributed by atoms with Crippen LogP contribution in [-0.2, 0) is 22.1 Å². The molecule has 0 saturated heterocycles. The maximum atomic E-state index is 12.8. The number of fused-ring (bicyclic) bond motifs is 1. The molecule has 106 valence electrons. The zero-order valence-electron chi connectivity index (χ0n) is 10.1. The van der Waals surface area contributed by atoms with E-state index in [4.69, 9.17) is 0 Å². The van der Waals surface area contributed by atoms with Crippen molar-refractivity contribution in [2.24, 2.45) is 5.18 Å². The molecule has 0 radical (unpaired) electrons. The quantitative estimate of drug-likeness (QED) is 0.642. The fraction of sp³-hybridized carbons (Fsp3) is 0.273. The second-order valence-electron chi connectivity index (χ2n) is 3.84. The Morgan fingerprint density at radius 1 is 1.50 bits per heavy atom. The SMILES string of the molecule is COC(=O)Cc1nc2c(C(F)(F)F)cccn2c1N=O. The summed E-state index contributed by atoms with van der Waals surface area (Å²) >= 11 is 0. The van der Waals surface area contributed by atoms with E-state index in [2.05, 4.69) is 14.9 Å². The summed E-state index contributed by atoms with van der Waals surface area (Å²) in [7, 11) is 1.12. The topological polar surface area (TPSA) is 73.0 Å². The number of esters is 1. The van der Waals surface area contributed by atoms with Gasteiger partial charge in [0.2, 0.25) is 5.82 Å². The van der Waals surface area contributed by atoms with Gasteiger partial charge in [-0.1, -0.05) is 0 Å². The van der Waals surface area contributed by atoms with Gasteiger partial charge in [0.15, 0.2) is 5.65 Å². The number of halogens is 3. The number of nitrogens with zero attached hydrogens (tertiary/aromatic N) is 3. The van der Waals surface area contributed by atoms with Gasteiger partial charge in [0, 0.05) is 6.20 Å². The van der Waals surface area contributed by atoms with Gasteiger partial charge in [-0.05, 0) is 17.3 Å². The number of carbonyl (C=O) groups excluding carboxylic acids is 1. The first kappa shape index (κ1) is 14.0. The molecule has 6 nitrogen and oxygen atoms in total. The Hall–Kier alpha value is -2.45. The zero-order chi connectivity index (χ0) is 14.9. The Morgan fingerprint density at radius 3 is 2.75 bits per heavy atom. The van der Waals surface area contributed by atoms with Gasteiger partial charge >= 0.3 is 12.1 Å². The normalized spacial score (nSPS) is 11.6. The number of aromatic nitrogens is 2. The van der Waals surface area contributed by atoms with Gasteiger partial charge in [-0.25, -0.2) is 4.98 Å². The molecule has 0 saturated carbocycles. The predicted octanol–water partition coefficient (Wildman–Crippen LogP) is 2.47. The second kappa shape index (κ2) is 4.91. The van der Waals surface area contributed by atoms with Crippen molar-refractivity contribution in [3.8, 4) is 0 Å². The summed E-state index contributed by atoms with van der Waals surface area (Å²) in [5.74, 6) is -1.08. The van der Waals surface area contributed by atoms with Crippen LogP contribution in [0.2, 0.25) is 0 Å². The first-order valence-electron chi connectivity index (χ1n) is 5.35. The van der Waals surface area contributed by atoms with Crippen molar-refractivity contribution in [2.75, 3.05) is 7.11 Å². The number of carbonyl (C=O) groups is 1. The Kier molecular flexibility index (Phi) is 3.43. The molecule has 0 unspecified atom stereocenters. The molecule has 2 aromatic heterocycles. The van der Waals surface area contributed by atoms with E-state index >= 15 is 0 Å². The summed E-state index contributed by atoms with van der Waals surface area (Å²) in [6.45, 7) is 0. The highest BCUT2D eigenvalue weighted by Gasteiger charge is 2.35. The number of alkyl halides is 3. The smallest absolute Gasteiger partial charge is 0.419 e. The highest BCUT2D eigenvalue weighted by atomic mass is 19.4. The van der Waals surface area contributed by atoms with Crippen LogP contribution in [0.15, 0.2) is 23.5 Å². The number of hydrogen-bond acceptors (Lipinski definition) is 5. The largest absolute Gasteiger partial charge is 0.469 e. The van der Waals surface area contributed by atoms with Gasteiger partial charge in [0.1, 0.15) is 5.69 Å². The lowest BCUT2D eigenvalue weighted by Crippen LogP contribution is -2.07. The number of nitroso groups, excluding NO2 is 1. The first-order valence-corrected chi connectivity index (χ1v) is 5.35. The van der Waals surface area contributed by atoms with Crippen LogP contribution in [0.1, 0.15) is 11.3 Å². The number of hydrogen-bond donors (Lipinski definition) is 0. The van der Waals surface area contributed by atoms with Gasteiger partial charge in [0.25, 0.3) is 0 Å². The summed E-state index contributed by atoms with van der Waals surface area (Å²) in [4.78, 5) is 25.6. The van der Waals surface area contributed by atoms with Gasteiger partial charge in [0.05, 0.1) is 19.1 Å². The van der Waals surface area contributed by atoms with Crippen LogP contribution in [0.25, 0.3) is 5.65 Å². The summed E-state index contributed by atoms with van der Waals surface area (Å²) < 4.78 is 43.8. The summed E-state index contributed by atoms with van der Waals surface area (Å²) in [6, 6.07) is 1.95. The number of rotatable bonds is 3. The van der Waals surface area contributed by atoms with E-state index in [1.165, 1.54) is 6.20 Å². The molecule has 20 heavy (non-hydrogen) atoms. The molecule has 2 rings (SSSR count). The predicted molar refractivity (Wildman–Crippen MR) is 61.4 cm³/mol. The van der Waals surface area contributed by atoms with Gasteiger partial charge in [-0.2, -0.15) is 13.2 Å². The first-order chi connectivity index (χ1) is 9.38. The Bertz CT molecular complexity index is 679. The van der Waals surface area contributed by atoms with Crippen molar-refractivity contribution >= 4 is 17.4 Å². The maximum absolute atomic E-state index is 12.8. The Balaban J connectivity index is 2.67. The van der Waals surface area contributed by atoms with E-state index in [0.717, 1.165) is 23.6 Å². The minimum atomic E-state index is -4.63. The molecule has 2 aromatic rings. The van der Waals surface area contributed by atoms with Crippen LogP contribution in [0, 0.1) is 4.91 Å². The summed E-state index contributed by atoms with van der Waals surface area (Å²) in [5, 5.41) is 2.64. The van der Waals surface area contributed by atoms with Gasteiger partial charge < -0.3 is 4.74 Å². The van der Waals surface area contributed by atoms with Crippen molar-refractivity contribution in [1.29, 1.82) is 0 Å². The molecule has 0 fully saturated rings. The van der Waals surface area contributed by atoms with Crippen molar-refractivity contribution < 1.29 is 22.7 Å². The highest BCUT2D eigenvalue weighted by Crippen LogP contribution is 2.34. The molecule has 0 aliphatic heterocycles. The molecule has 0 atom stereocenters. The lowest BCUT2D eigenvalue weighted by Gasteiger charge is -2.07. The molecule has 0 aliphatic carbocycles. The molecule has 0 bridgehead atoms. The minimum Gasteiger partial charge on any atom is -0.469 e. The van der Waals surface area contributed by atoms with Crippen LogP contribution in [0.3, 0.4) is 0 Å². The lowest BCUT2D eigenvalue weighted by molar-refractivity contribution is -0.140. The van der Waals surface area contributed by atoms with E-state index in [1.807, 2.05) is 0 Å². The maximum Gasteiger partial charge on any atom is 0.419 e. The molecule has 0 N–H and O–H groups in total.